The van der Waals surface area contributed by atoms with E-state index in [1.54, 1.807) is 11.0 Å². The Balaban J connectivity index is 1.20. The lowest BCUT2D eigenvalue weighted by molar-refractivity contribution is 0.0501. The quantitative estimate of drug-likeness (QED) is 0.717. The van der Waals surface area contributed by atoms with Crippen molar-refractivity contribution in [3.8, 4) is 11.5 Å². The van der Waals surface area contributed by atoms with E-state index in [-0.39, 0.29) is 12.0 Å². The van der Waals surface area contributed by atoms with Crippen molar-refractivity contribution in [3.05, 3.63) is 59.2 Å². The first-order valence-electron chi connectivity index (χ1n) is 11.6. The van der Waals surface area contributed by atoms with Gasteiger partial charge in [0.15, 0.2) is 0 Å². The Bertz CT molecular complexity index is 960. The van der Waals surface area contributed by atoms with Crippen LogP contribution in [-0.2, 0) is 13.0 Å². The van der Waals surface area contributed by atoms with Crippen molar-refractivity contribution in [3.63, 3.8) is 0 Å². The monoisotopic (exact) mass is 437 g/mol. The first kappa shape index (κ1) is 21.2. The number of carbonyl (C=O) groups is 1. The number of nitrogens with zero attached hydrogens (tertiary/aromatic N) is 2. The molecule has 1 amide bonds. The number of rotatable bonds is 6. The van der Waals surface area contributed by atoms with Crippen LogP contribution in [0, 0.1) is 0 Å². The number of hydrogen-bond acceptors (Lipinski definition) is 6. The molecule has 3 heterocycles. The third-order valence-electron chi connectivity index (χ3n) is 6.52. The van der Waals surface area contributed by atoms with E-state index in [4.69, 9.17) is 9.47 Å². The van der Waals surface area contributed by atoms with Crippen LogP contribution in [0.1, 0.15) is 27.9 Å². The predicted octanol–water partition coefficient (Wildman–Crippen LogP) is 1.68. The zero-order valence-electron chi connectivity index (χ0n) is 18.3. The number of benzene rings is 2. The highest BCUT2D eigenvalue weighted by molar-refractivity contribution is 5.97. The van der Waals surface area contributed by atoms with Gasteiger partial charge in [-0.05, 0) is 42.6 Å². The fraction of sp³-hybridized carbons (Fsp3) is 0.480. The lowest BCUT2D eigenvalue weighted by Gasteiger charge is -2.32. The summed E-state index contributed by atoms with van der Waals surface area (Å²) >= 11 is 0. The van der Waals surface area contributed by atoms with Crippen LogP contribution in [0.2, 0.25) is 0 Å². The number of β-amino-alcohol motifs (C(OH)–C–C–N with tert-alkyl or cyclic N) is 1. The molecule has 0 aromatic heterocycles. The number of fused-ring (bicyclic) bond motifs is 2. The second-order valence-electron chi connectivity index (χ2n) is 8.90. The highest BCUT2D eigenvalue weighted by Gasteiger charge is 2.27. The van der Waals surface area contributed by atoms with E-state index >= 15 is 0 Å². The third-order valence-corrected chi connectivity index (χ3v) is 6.52. The van der Waals surface area contributed by atoms with E-state index < -0.39 is 6.10 Å². The second-order valence-corrected chi connectivity index (χ2v) is 8.90. The number of ether oxygens (including phenoxy) is 2. The zero-order valence-corrected chi connectivity index (χ0v) is 18.3. The molecular formula is C25H31N3O4. The Hall–Kier alpha value is -2.61. The molecule has 170 valence electrons. The summed E-state index contributed by atoms with van der Waals surface area (Å²) in [4.78, 5) is 17.1. The van der Waals surface area contributed by atoms with E-state index in [0.717, 1.165) is 44.8 Å². The molecule has 2 aromatic carbocycles. The molecular weight excluding hydrogens is 406 g/mol. The van der Waals surface area contributed by atoms with Gasteiger partial charge >= 0.3 is 0 Å². The van der Waals surface area contributed by atoms with Gasteiger partial charge in [0.05, 0.1) is 18.2 Å². The van der Waals surface area contributed by atoms with E-state index in [2.05, 4.69) is 34.5 Å². The maximum absolute atomic E-state index is 13.2. The molecule has 3 aliphatic rings. The van der Waals surface area contributed by atoms with Crippen molar-refractivity contribution in [2.24, 2.45) is 0 Å². The van der Waals surface area contributed by atoms with Gasteiger partial charge < -0.3 is 24.8 Å². The smallest absolute Gasteiger partial charge is 0.257 e. The Morgan fingerprint density at radius 3 is 2.88 bits per heavy atom. The molecule has 2 atom stereocenters. The number of aliphatic hydroxyl groups excluding tert-OH is 1. The van der Waals surface area contributed by atoms with Crippen molar-refractivity contribution < 1.29 is 19.4 Å². The summed E-state index contributed by atoms with van der Waals surface area (Å²) in [7, 11) is 0. The third kappa shape index (κ3) is 4.75. The lowest BCUT2D eigenvalue weighted by Crippen LogP contribution is -2.44. The molecule has 32 heavy (non-hydrogen) atoms. The SMILES string of the molecule is O=C1c2ccc(O[C@H]3CCNC3)cc2OCCN1C[C@H](O)CN1CCc2ccccc2C1. The summed E-state index contributed by atoms with van der Waals surface area (Å²) in [6.07, 6.45) is 1.52. The minimum absolute atomic E-state index is 0.102. The molecule has 7 heteroatoms. The van der Waals surface area contributed by atoms with Crippen molar-refractivity contribution in [2.45, 2.75) is 31.6 Å². The molecule has 0 spiro atoms. The molecule has 7 nitrogen and oxygen atoms in total. The van der Waals surface area contributed by atoms with E-state index in [0.29, 0.717) is 37.6 Å². The van der Waals surface area contributed by atoms with Crippen molar-refractivity contribution in [1.29, 1.82) is 0 Å². The van der Waals surface area contributed by atoms with Crippen molar-refractivity contribution in [2.75, 3.05) is 45.9 Å². The van der Waals surface area contributed by atoms with E-state index in [1.165, 1.54) is 11.1 Å². The van der Waals surface area contributed by atoms with Gasteiger partial charge in [-0.2, -0.15) is 0 Å². The molecule has 0 radical (unpaired) electrons. The van der Waals surface area contributed by atoms with E-state index in [9.17, 15) is 9.90 Å². The van der Waals surface area contributed by atoms with Crippen LogP contribution in [0.25, 0.3) is 0 Å². The molecule has 0 saturated carbocycles. The van der Waals surface area contributed by atoms with Crippen LogP contribution in [0.5, 0.6) is 11.5 Å². The number of aliphatic hydroxyl groups is 1. The van der Waals surface area contributed by atoms with Gasteiger partial charge in [-0.1, -0.05) is 24.3 Å². The molecule has 2 aromatic rings. The summed E-state index contributed by atoms with van der Waals surface area (Å²) in [5.74, 6) is 1.18. The largest absolute Gasteiger partial charge is 0.491 e. The molecule has 2 N–H and O–H groups in total. The van der Waals surface area contributed by atoms with Crippen LogP contribution < -0.4 is 14.8 Å². The summed E-state index contributed by atoms with van der Waals surface area (Å²) in [5.41, 5.74) is 3.24. The summed E-state index contributed by atoms with van der Waals surface area (Å²) in [5, 5.41) is 14.0. The Kier molecular flexibility index (Phi) is 6.30. The highest BCUT2D eigenvalue weighted by atomic mass is 16.5. The van der Waals surface area contributed by atoms with Crippen LogP contribution >= 0.6 is 0 Å². The summed E-state index contributed by atoms with van der Waals surface area (Å²) < 4.78 is 11.9. The first-order valence-corrected chi connectivity index (χ1v) is 11.6. The Morgan fingerprint density at radius 1 is 1.16 bits per heavy atom. The average Bonchev–Trinajstić information content (AvgIpc) is 3.26. The van der Waals surface area contributed by atoms with Gasteiger partial charge in [0, 0.05) is 38.8 Å². The van der Waals surface area contributed by atoms with Crippen molar-refractivity contribution >= 4 is 5.91 Å². The molecule has 1 fully saturated rings. The van der Waals surface area contributed by atoms with Gasteiger partial charge in [-0.15, -0.1) is 0 Å². The normalized spacial score (nSPS) is 22.0. The van der Waals surface area contributed by atoms with Gasteiger partial charge in [-0.25, -0.2) is 0 Å². The number of carbonyl (C=O) groups excluding carboxylic acids is 1. The minimum atomic E-state index is -0.608. The van der Waals surface area contributed by atoms with Crippen LogP contribution in [0.4, 0.5) is 0 Å². The maximum atomic E-state index is 13.2. The predicted molar refractivity (Wildman–Crippen MR) is 121 cm³/mol. The fourth-order valence-corrected chi connectivity index (χ4v) is 4.83. The fourth-order valence-electron chi connectivity index (χ4n) is 4.83. The average molecular weight is 438 g/mol. The van der Waals surface area contributed by atoms with Gasteiger partial charge in [-0.3, -0.25) is 9.69 Å². The first-order chi connectivity index (χ1) is 15.7. The Morgan fingerprint density at radius 2 is 2.03 bits per heavy atom. The standard InChI is InChI=1S/C25H31N3O4/c29-20(16-27-10-8-18-3-1-2-4-19(18)15-27)17-28-11-12-31-24-13-21(5-6-23(24)25(28)30)32-22-7-9-26-14-22/h1-6,13,20,22,26,29H,7-12,14-17H2/t20-,22+/m1/s1. The molecule has 5 rings (SSSR count). The molecule has 0 aliphatic carbocycles. The molecule has 1 saturated heterocycles. The molecule has 0 unspecified atom stereocenters. The number of amides is 1. The zero-order chi connectivity index (χ0) is 21.9. The number of nitrogens with one attached hydrogen (secondary N) is 1. The summed E-state index contributed by atoms with van der Waals surface area (Å²) in [6, 6.07) is 13.9. The molecule has 3 aliphatic heterocycles. The maximum Gasteiger partial charge on any atom is 0.257 e. The Labute approximate surface area is 188 Å². The van der Waals surface area contributed by atoms with Crippen molar-refractivity contribution in [1.82, 2.24) is 15.1 Å². The van der Waals surface area contributed by atoms with Gasteiger partial charge in [0.2, 0.25) is 0 Å². The van der Waals surface area contributed by atoms with Crippen LogP contribution in [0.15, 0.2) is 42.5 Å². The minimum Gasteiger partial charge on any atom is -0.491 e. The second kappa shape index (κ2) is 9.48. The van der Waals surface area contributed by atoms with Crippen LogP contribution in [0.3, 0.4) is 0 Å². The number of hydrogen-bond donors (Lipinski definition) is 2. The highest BCUT2D eigenvalue weighted by Crippen LogP contribution is 2.29. The summed E-state index contributed by atoms with van der Waals surface area (Å²) in [6.45, 7) is 5.27. The van der Waals surface area contributed by atoms with Gasteiger partial charge in [0.1, 0.15) is 24.2 Å². The van der Waals surface area contributed by atoms with E-state index in [1.807, 2.05) is 12.1 Å². The van der Waals surface area contributed by atoms with Crippen LogP contribution in [-0.4, -0.2) is 78.9 Å². The molecule has 0 bridgehead atoms. The lowest BCUT2D eigenvalue weighted by atomic mass is 10.00. The topological polar surface area (TPSA) is 74.3 Å². The van der Waals surface area contributed by atoms with Gasteiger partial charge in [0.25, 0.3) is 5.91 Å².